The predicted molar refractivity (Wildman–Crippen MR) is 69.6 cm³/mol. The molecule has 5 heteroatoms. The normalized spacial score (nSPS) is 20.3. The van der Waals surface area contributed by atoms with Gasteiger partial charge in [0.25, 0.3) is 0 Å². The lowest BCUT2D eigenvalue weighted by Gasteiger charge is -2.25. The van der Waals surface area contributed by atoms with Gasteiger partial charge < -0.3 is 4.52 Å². The Morgan fingerprint density at radius 3 is 2.39 bits per heavy atom. The number of para-hydroxylation sites is 1. The van der Waals surface area contributed by atoms with E-state index in [9.17, 15) is 4.57 Å². The fourth-order valence-electron chi connectivity index (χ4n) is 2.07. The molecule has 2 rings (SSSR count). The maximum Gasteiger partial charge on any atom is 0.530 e. The Morgan fingerprint density at radius 2 is 1.78 bits per heavy atom. The van der Waals surface area contributed by atoms with Gasteiger partial charge in [0.15, 0.2) is 0 Å². The molecular weight excluding hydrogens is 251 g/mol. The number of phosphoric ester groups is 1. The molecule has 1 fully saturated rings. The van der Waals surface area contributed by atoms with E-state index in [2.05, 4.69) is 0 Å². The van der Waals surface area contributed by atoms with E-state index in [1.807, 2.05) is 18.2 Å². The summed E-state index contributed by atoms with van der Waals surface area (Å²) in [5.41, 5.74) is 0. The van der Waals surface area contributed by atoms with E-state index >= 15 is 0 Å². The third-order valence-corrected chi connectivity index (χ3v) is 4.45. The van der Waals surface area contributed by atoms with Crippen molar-refractivity contribution < 1.29 is 18.1 Å². The van der Waals surface area contributed by atoms with Crippen LogP contribution in [-0.2, 0) is 13.6 Å². The van der Waals surface area contributed by atoms with Crippen molar-refractivity contribution in [3.63, 3.8) is 0 Å². The fourth-order valence-corrected chi connectivity index (χ4v) is 3.22. The van der Waals surface area contributed by atoms with E-state index in [-0.39, 0.29) is 6.10 Å². The summed E-state index contributed by atoms with van der Waals surface area (Å²) in [4.78, 5) is 0. The summed E-state index contributed by atoms with van der Waals surface area (Å²) in [5.74, 6) is 0.499. The molecule has 18 heavy (non-hydrogen) atoms. The van der Waals surface area contributed by atoms with Gasteiger partial charge in [0, 0.05) is 7.11 Å². The molecule has 0 N–H and O–H groups in total. The van der Waals surface area contributed by atoms with Gasteiger partial charge in [0.2, 0.25) is 0 Å². The number of phosphoric acid groups is 1. The molecular formula is C13H19O4P. The van der Waals surface area contributed by atoms with Crippen LogP contribution in [-0.4, -0.2) is 13.2 Å². The zero-order valence-corrected chi connectivity index (χ0v) is 11.5. The maximum absolute atomic E-state index is 12.4. The van der Waals surface area contributed by atoms with Crippen LogP contribution in [0.1, 0.15) is 32.1 Å². The first-order chi connectivity index (χ1) is 8.72. The van der Waals surface area contributed by atoms with Gasteiger partial charge in [0.05, 0.1) is 6.10 Å². The minimum atomic E-state index is -3.49. The topological polar surface area (TPSA) is 44.8 Å². The van der Waals surface area contributed by atoms with E-state index in [0.717, 1.165) is 25.7 Å². The lowest BCUT2D eigenvalue weighted by Crippen LogP contribution is -2.17. The van der Waals surface area contributed by atoms with Crippen molar-refractivity contribution in [1.29, 1.82) is 0 Å². The van der Waals surface area contributed by atoms with Crippen LogP contribution in [0.5, 0.6) is 5.75 Å². The van der Waals surface area contributed by atoms with Gasteiger partial charge in [-0.2, -0.15) is 0 Å². The largest absolute Gasteiger partial charge is 0.530 e. The summed E-state index contributed by atoms with van der Waals surface area (Å²) in [5, 5.41) is 0. The highest BCUT2D eigenvalue weighted by Gasteiger charge is 2.31. The van der Waals surface area contributed by atoms with Crippen molar-refractivity contribution in [1.82, 2.24) is 0 Å². The molecule has 1 aromatic rings. The van der Waals surface area contributed by atoms with Crippen LogP contribution in [0.15, 0.2) is 30.3 Å². The van der Waals surface area contributed by atoms with E-state index in [4.69, 9.17) is 13.6 Å². The van der Waals surface area contributed by atoms with Crippen molar-refractivity contribution in [2.45, 2.75) is 38.2 Å². The summed E-state index contributed by atoms with van der Waals surface area (Å²) in [6, 6.07) is 8.96. The molecule has 1 atom stereocenters. The van der Waals surface area contributed by atoms with Crippen molar-refractivity contribution in [2.24, 2.45) is 0 Å². The Kier molecular flexibility index (Phi) is 4.81. The smallest absolute Gasteiger partial charge is 0.404 e. The second kappa shape index (κ2) is 6.37. The van der Waals surface area contributed by atoms with Gasteiger partial charge in [-0.3, -0.25) is 9.05 Å². The molecule has 1 unspecified atom stereocenters. The van der Waals surface area contributed by atoms with Gasteiger partial charge in [-0.1, -0.05) is 37.5 Å². The minimum Gasteiger partial charge on any atom is -0.404 e. The third kappa shape index (κ3) is 3.84. The Labute approximate surface area is 108 Å². The monoisotopic (exact) mass is 270 g/mol. The Morgan fingerprint density at radius 1 is 1.11 bits per heavy atom. The highest BCUT2D eigenvalue weighted by atomic mass is 31.2. The van der Waals surface area contributed by atoms with Gasteiger partial charge in [-0.05, 0) is 25.0 Å². The van der Waals surface area contributed by atoms with Crippen LogP contribution in [0.2, 0.25) is 0 Å². The Bertz CT molecular complexity index is 401. The molecule has 0 spiro atoms. The molecule has 1 aromatic carbocycles. The molecule has 4 nitrogen and oxygen atoms in total. The highest BCUT2D eigenvalue weighted by molar-refractivity contribution is 7.48. The first-order valence-corrected chi connectivity index (χ1v) is 7.77. The van der Waals surface area contributed by atoms with Crippen LogP contribution in [0, 0.1) is 0 Å². The quantitative estimate of drug-likeness (QED) is 0.753. The van der Waals surface area contributed by atoms with Crippen molar-refractivity contribution in [3.8, 4) is 5.75 Å². The second-order valence-corrected chi connectivity index (χ2v) is 6.05. The summed E-state index contributed by atoms with van der Waals surface area (Å²) >= 11 is 0. The zero-order valence-electron chi connectivity index (χ0n) is 10.6. The van der Waals surface area contributed by atoms with Crippen LogP contribution in [0.25, 0.3) is 0 Å². The van der Waals surface area contributed by atoms with Crippen molar-refractivity contribution >= 4 is 7.82 Å². The molecule has 0 aromatic heterocycles. The number of hydrogen-bond donors (Lipinski definition) is 0. The molecule has 0 saturated heterocycles. The highest BCUT2D eigenvalue weighted by Crippen LogP contribution is 2.51. The molecule has 0 heterocycles. The average Bonchev–Trinajstić information content (AvgIpc) is 2.41. The lowest BCUT2D eigenvalue weighted by atomic mass is 9.98. The minimum absolute atomic E-state index is 0.0201. The van der Waals surface area contributed by atoms with Gasteiger partial charge >= 0.3 is 7.82 Å². The van der Waals surface area contributed by atoms with Gasteiger partial charge in [0.1, 0.15) is 5.75 Å². The Hall–Kier alpha value is -0.830. The molecule has 0 radical (unpaired) electrons. The molecule has 1 aliphatic rings. The van der Waals surface area contributed by atoms with Crippen LogP contribution in [0.4, 0.5) is 0 Å². The molecule has 0 amide bonds. The van der Waals surface area contributed by atoms with Crippen molar-refractivity contribution in [2.75, 3.05) is 7.11 Å². The predicted octanol–water partition coefficient (Wildman–Crippen LogP) is 4.17. The SMILES string of the molecule is COP(=O)(Oc1ccccc1)OC1CCCCC1. The summed E-state index contributed by atoms with van der Waals surface area (Å²) < 4.78 is 28.2. The van der Waals surface area contributed by atoms with E-state index in [0.29, 0.717) is 5.75 Å². The fraction of sp³-hybridized carbons (Fsp3) is 0.538. The summed E-state index contributed by atoms with van der Waals surface area (Å²) in [6.07, 6.45) is 5.26. The number of benzene rings is 1. The van der Waals surface area contributed by atoms with Gasteiger partial charge in [-0.25, -0.2) is 4.57 Å². The van der Waals surface area contributed by atoms with Crippen LogP contribution >= 0.6 is 7.82 Å². The third-order valence-electron chi connectivity index (χ3n) is 3.01. The molecule has 1 saturated carbocycles. The number of hydrogen-bond acceptors (Lipinski definition) is 4. The van der Waals surface area contributed by atoms with Crippen LogP contribution in [0.3, 0.4) is 0 Å². The van der Waals surface area contributed by atoms with Crippen LogP contribution < -0.4 is 4.52 Å². The van der Waals surface area contributed by atoms with Crippen molar-refractivity contribution in [3.05, 3.63) is 30.3 Å². The van der Waals surface area contributed by atoms with E-state index in [1.54, 1.807) is 12.1 Å². The van der Waals surface area contributed by atoms with E-state index < -0.39 is 7.82 Å². The summed E-state index contributed by atoms with van der Waals surface area (Å²) in [6.45, 7) is 0. The summed E-state index contributed by atoms with van der Waals surface area (Å²) in [7, 11) is -2.14. The van der Waals surface area contributed by atoms with E-state index in [1.165, 1.54) is 13.5 Å². The molecule has 0 aliphatic heterocycles. The average molecular weight is 270 g/mol. The lowest BCUT2D eigenvalue weighted by molar-refractivity contribution is 0.0975. The molecule has 100 valence electrons. The molecule has 1 aliphatic carbocycles. The Balaban J connectivity index is 1.98. The first-order valence-electron chi connectivity index (χ1n) is 6.31. The second-order valence-electron chi connectivity index (χ2n) is 4.40. The van der Waals surface area contributed by atoms with Gasteiger partial charge in [-0.15, -0.1) is 0 Å². The standard InChI is InChI=1S/C13H19O4P/c1-15-18(14,16-12-8-4-2-5-9-12)17-13-10-6-3-7-11-13/h2,4-5,8-9,13H,3,6-7,10-11H2,1H3. The number of rotatable bonds is 5. The maximum atomic E-state index is 12.4. The zero-order chi connectivity index (χ0) is 12.8. The first kappa shape index (κ1) is 13.6. The molecule has 0 bridgehead atoms.